The summed E-state index contributed by atoms with van der Waals surface area (Å²) in [5.74, 6) is -4.19. The average Bonchev–Trinajstić information content (AvgIpc) is 3.66. The Labute approximate surface area is 255 Å². The number of aliphatic carboxylic acids is 1. The molecule has 20 heteroatoms. The topological polar surface area (TPSA) is 175 Å². The van der Waals surface area contributed by atoms with Gasteiger partial charge in [0, 0.05) is 30.6 Å². The molecule has 2 aromatic rings. The summed E-state index contributed by atoms with van der Waals surface area (Å²) >= 11 is 0. The fraction of sp³-hybridized carbons (Fsp3) is 0.385. The standard InChI is InChI=1S/C26H23B2F6N3O9/c29-25(30,31)15-3-11(5-17-13(15)9-45-27(17)43)23(41)35-19-7-37(21(38)1-2-22(39)40)8-20(19)36-24(42)12-4-16(26(32,33)34)14-10-46-28(44)18(14)6-12/h3-6,19-20,43-44H,1-2,7-10H2,(H,35,41)(H,36,42)(H,39,40)/t19-,20-/m1/s1. The monoisotopic (exact) mass is 657 g/mol. The van der Waals surface area contributed by atoms with Gasteiger partial charge in [0.1, 0.15) is 0 Å². The molecule has 0 unspecified atom stereocenters. The molecule has 1 saturated heterocycles. The van der Waals surface area contributed by atoms with E-state index in [9.17, 15) is 55.6 Å². The first-order chi connectivity index (χ1) is 21.4. The molecule has 0 saturated carbocycles. The van der Waals surface area contributed by atoms with Gasteiger partial charge in [0.2, 0.25) is 5.91 Å². The highest BCUT2D eigenvalue weighted by Gasteiger charge is 2.43. The van der Waals surface area contributed by atoms with Crippen molar-refractivity contribution in [1.82, 2.24) is 15.5 Å². The lowest BCUT2D eigenvalue weighted by Crippen LogP contribution is -2.51. The SMILES string of the molecule is O=C(O)CCC(=O)N1C[C@@H](NC(=O)c2cc3c(c(C(F)(F)F)c2)COB3O)[C@H](NC(=O)c2cc3c(c(C(F)(F)F)c2)COB3O)C1. The van der Waals surface area contributed by atoms with Crippen molar-refractivity contribution in [1.29, 1.82) is 0 Å². The molecule has 2 atom stereocenters. The van der Waals surface area contributed by atoms with Crippen LogP contribution in [0.15, 0.2) is 24.3 Å². The molecule has 0 aromatic heterocycles. The van der Waals surface area contributed by atoms with Gasteiger partial charge in [-0.15, -0.1) is 0 Å². The second kappa shape index (κ2) is 12.2. The predicted molar refractivity (Wildman–Crippen MR) is 144 cm³/mol. The first-order valence-corrected chi connectivity index (χ1v) is 13.6. The smallest absolute Gasteiger partial charge is 0.481 e. The maximum atomic E-state index is 13.8. The molecule has 5 rings (SSSR count). The number of carboxylic acids is 1. The van der Waals surface area contributed by atoms with Gasteiger partial charge in [-0.2, -0.15) is 26.3 Å². The van der Waals surface area contributed by atoms with Crippen LogP contribution in [0.5, 0.6) is 0 Å². The van der Waals surface area contributed by atoms with E-state index < -0.39 is 111 Å². The lowest BCUT2D eigenvalue weighted by Gasteiger charge is -2.22. The van der Waals surface area contributed by atoms with Gasteiger partial charge in [-0.05, 0) is 46.3 Å². The molecule has 244 valence electrons. The van der Waals surface area contributed by atoms with Crippen LogP contribution in [-0.4, -0.2) is 83.2 Å². The van der Waals surface area contributed by atoms with Crippen molar-refractivity contribution in [2.75, 3.05) is 13.1 Å². The Morgan fingerprint density at radius 2 is 1.17 bits per heavy atom. The fourth-order valence-corrected chi connectivity index (χ4v) is 5.60. The van der Waals surface area contributed by atoms with Gasteiger partial charge in [0.15, 0.2) is 0 Å². The van der Waals surface area contributed by atoms with Crippen LogP contribution in [0.2, 0.25) is 0 Å². The van der Waals surface area contributed by atoms with Gasteiger partial charge < -0.3 is 40.0 Å². The molecule has 12 nitrogen and oxygen atoms in total. The van der Waals surface area contributed by atoms with E-state index in [1.54, 1.807) is 0 Å². The normalized spacial score (nSPS) is 19.3. The van der Waals surface area contributed by atoms with Crippen LogP contribution >= 0.6 is 0 Å². The van der Waals surface area contributed by atoms with Crippen LogP contribution in [0, 0.1) is 0 Å². The van der Waals surface area contributed by atoms with Crippen molar-refractivity contribution in [2.24, 2.45) is 0 Å². The number of alkyl halides is 6. The number of likely N-dealkylation sites (tertiary alicyclic amines) is 1. The number of nitrogens with one attached hydrogen (secondary N) is 2. The number of fused-ring (bicyclic) bond motifs is 2. The molecule has 0 aliphatic carbocycles. The molecule has 3 aliphatic rings. The lowest BCUT2D eigenvalue weighted by atomic mass is 9.77. The van der Waals surface area contributed by atoms with E-state index in [0.29, 0.717) is 12.1 Å². The molecule has 1 fully saturated rings. The van der Waals surface area contributed by atoms with Crippen molar-refractivity contribution in [2.45, 2.75) is 50.5 Å². The van der Waals surface area contributed by atoms with Crippen LogP contribution in [0.3, 0.4) is 0 Å². The molecule has 5 N–H and O–H groups in total. The first kappa shape index (κ1) is 33.2. The van der Waals surface area contributed by atoms with Gasteiger partial charge in [-0.25, -0.2) is 0 Å². The van der Waals surface area contributed by atoms with Crippen molar-refractivity contribution in [3.05, 3.63) is 57.6 Å². The maximum absolute atomic E-state index is 13.8. The molecule has 3 amide bonds. The van der Waals surface area contributed by atoms with E-state index in [4.69, 9.17) is 14.4 Å². The Morgan fingerprint density at radius 3 is 1.54 bits per heavy atom. The summed E-state index contributed by atoms with van der Waals surface area (Å²) in [6.07, 6.45) is -10.9. The van der Waals surface area contributed by atoms with Gasteiger partial charge in [0.25, 0.3) is 11.8 Å². The highest BCUT2D eigenvalue weighted by molar-refractivity contribution is 6.62. The summed E-state index contributed by atoms with van der Waals surface area (Å²) in [4.78, 5) is 51.2. The van der Waals surface area contributed by atoms with Crippen LogP contribution in [0.25, 0.3) is 0 Å². The Morgan fingerprint density at radius 1 is 0.761 bits per heavy atom. The zero-order valence-electron chi connectivity index (χ0n) is 23.4. The van der Waals surface area contributed by atoms with Crippen LogP contribution in [0.1, 0.15) is 55.8 Å². The third-order valence-corrected chi connectivity index (χ3v) is 7.87. The van der Waals surface area contributed by atoms with Crippen LogP contribution in [-0.2, 0) is 44.5 Å². The minimum atomic E-state index is -4.92. The Balaban J connectivity index is 1.43. The molecule has 3 aliphatic heterocycles. The number of carboxylic acid groups (broad SMARTS) is 1. The third kappa shape index (κ3) is 6.69. The van der Waals surface area contributed by atoms with E-state index in [1.165, 1.54) is 0 Å². The summed E-state index contributed by atoms with van der Waals surface area (Å²) in [7, 11) is -3.47. The van der Waals surface area contributed by atoms with Crippen LogP contribution < -0.4 is 21.6 Å². The second-order valence-corrected chi connectivity index (χ2v) is 10.9. The lowest BCUT2D eigenvalue weighted by molar-refractivity contribution is -0.140. The van der Waals surface area contributed by atoms with E-state index in [-0.39, 0.29) is 35.1 Å². The zero-order chi connectivity index (χ0) is 33.7. The number of rotatable bonds is 7. The summed E-state index contributed by atoms with van der Waals surface area (Å²) in [6.45, 7) is -1.80. The van der Waals surface area contributed by atoms with E-state index in [1.807, 2.05) is 0 Å². The van der Waals surface area contributed by atoms with E-state index in [0.717, 1.165) is 17.0 Å². The minimum Gasteiger partial charge on any atom is -0.481 e. The van der Waals surface area contributed by atoms with Crippen molar-refractivity contribution >= 4 is 48.9 Å². The third-order valence-electron chi connectivity index (χ3n) is 7.87. The van der Waals surface area contributed by atoms with Crippen molar-refractivity contribution < 1.29 is 70.0 Å². The molecular weight excluding hydrogens is 634 g/mol. The molecule has 0 bridgehead atoms. The second-order valence-electron chi connectivity index (χ2n) is 10.9. The Hall–Kier alpha value is -4.13. The Bertz CT molecular complexity index is 1500. The zero-order valence-corrected chi connectivity index (χ0v) is 23.4. The van der Waals surface area contributed by atoms with E-state index in [2.05, 4.69) is 10.6 Å². The molecule has 46 heavy (non-hydrogen) atoms. The van der Waals surface area contributed by atoms with Crippen molar-refractivity contribution in [3.8, 4) is 0 Å². The predicted octanol–water partition coefficient (Wildman–Crippen LogP) is -0.236. The Kier molecular flexibility index (Phi) is 8.84. The number of nitrogens with zero attached hydrogens (tertiary/aromatic N) is 1. The van der Waals surface area contributed by atoms with Crippen molar-refractivity contribution in [3.63, 3.8) is 0 Å². The summed E-state index contributed by atoms with van der Waals surface area (Å²) in [6, 6.07) is 0.660. The number of halogens is 6. The molecular formula is C26H23B2F6N3O9. The number of hydrogen-bond donors (Lipinski definition) is 5. The number of hydrogen-bond acceptors (Lipinski definition) is 8. The first-order valence-electron chi connectivity index (χ1n) is 13.6. The highest BCUT2D eigenvalue weighted by atomic mass is 19.4. The number of carbonyl (C=O) groups excluding carboxylic acids is 3. The number of amides is 3. The summed E-state index contributed by atoms with van der Waals surface area (Å²) < 4.78 is 92.3. The number of benzene rings is 2. The van der Waals surface area contributed by atoms with Gasteiger partial charge in [0.05, 0.1) is 42.8 Å². The fourth-order valence-electron chi connectivity index (χ4n) is 5.60. The quantitative estimate of drug-likeness (QED) is 0.199. The van der Waals surface area contributed by atoms with Gasteiger partial charge >= 0.3 is 32.6 Å². The molecule has 2 aromatic carbocycles. The minimum absolute atomic E-state index is 0.287. The summed E-state index contributed by atoms with van der Waals surface area (Å²) in [5, 5.41) is 33.8. The van der Waals surface area contributed by atoms with E-state index >= 15 is 0 Å². The average molecular weight is 657 g/mol. The molecule has 3 heterocycles. The van der Waals surface area contributed by atoms with Gasteiger partial charge in [-0.1, -0.05) is 0 Å². The molecule has 0 radical (unpaired) electrons. The molecule has 0 spiro atoms. The largest absolute Gasteiger partial charge is 0.491 e. The van der Waals surface area contributed by atoms with Gasteiger partial charge in [-0.3, -0.25) is 19.2 Å². The van der Waals surface area contributed by atoms with Crippen LogP contribution in [0.4, 0.5) is 26.3 Å². The maximum Gasteiger partial charge on any atom is 0.491 e. The number of carbonyl (C=O) groups is 4. The summed E-state index contributed by atoms with van der Waals surface area (Å²) in [5.41, 5.74) is -4.83. The highest BCUT2D eigenvalue weighted by Crippen LogP contribution is 2.35.